The SMILES string of the molecule is CCc1ccc(NC(=O)CCn2cnc3onc(-c4ccc(F)cc4)c3c2=O)cc1. The molecular formula is C22H19FN4O3. The summed E-state index contributed by atoms with van der Waals surface area (Å²) < 4.78 is 19.7. The first-order valence-corrected chi connectivity index (χ1v) is 9.54. The van der Waals surface area contributed by atoms with Crippen LogP contribution in [0.25, 0.3) is 22.4 Å². The van der Waals surface area contributed by atoms with E-state index in [-0.39, 0.29) is 41.2 Å². The van der Waals surface area contributed by atoms with Gasteiger partial charge in [-0.2, -0.15) is 0 Å². The molecule has 0 bridgehead atoms. The molecular weight excluding hydrogens is 387 g/mol. The summed E-state index contributed by atoms with van der Waals surface area (Å²) in [5.74, 6) is -0.604. The molecule has 0 saturated carbocycles. The highest BCUT2D eigenvalue weighted by Crippen LogP contribution is 2.24. The van der Waals surface area contributed by atoms with Crippen LogP contribution in [0.2, 0.25) is 0 Å². The van der Waals surface area contributed by atoms with Gasteiger partial charge in [-0.3, -0.25) is 14.2 Å². The molecule has 1 N–H and O–H groups in total. The van der Waals surface area contributed by atoms with Crippen LogP contribution in [0.4, 0.5) is 10.1 Å². The molecule has 0 aliphatic heterocycles. The van der Waals surface area contributed by atoms with Crippen LogP contribution in [-0.4, -0.2) is 20.6 Å². The number of hydrogen-bond acceptors (Lipinski definition) is 5. The van der Waals surface area contributed by atoms with Crippen molar-refractivity contribution in [3.63, 3.8) is 0 Å². The zero-order chi connectivity index (χ0) is 21.1. The first kappa shape index (κ1) is 19.5. The number of carbonyl (C=O) groups excluding carboxylic acids is 1. The van der Waals surface area contributed by atoms with Crippen molar-refractivity contribution in [3.8, 4) is 11.3 Å². The van der Waals surface area contributed by atoms with Crippen LogP contribution < -0.4 is 10.9 Å². The second-order valence-corrected chi connectivity index (χ2v) is 6.81. The quantitative estimate of drug-likeness (QED) is 0.526. The van der Waals surface area contributed by atoms with Gasteiger partial charge in [-0.1, -0.05) is 24.2 Å². The summed E-state index contributed by atoms with van der Waals surface area (Å²) >= 11 is 0. The van der Waals surface area contributed by atoms with E-state index in [9.17, 15) is 14.0 Å². The molecule has 8 heteroatoms. The Morgan fingerprint density at radius 1 is 1.13 bits per heavy atom. The summed E-state index contributed by atoms with van der Waals surface area (Å²) in [5, 5.41) is 6.92. The number of anilines is 1. The fraction of sp³-hybridized carbons (Fsp3) is 0.182. The number of aryl methyl sites for hydroxylation is 2. The summed E-state index contributed by atoms with van der Waals surface area (Å²) in [6.45, 7) is 2.21. The molecule has 0 aliphatic carbocycles. The van der Waals surface area contributed by atoms with E-state index in [1.807, 2.05) is 24.3 Å². The van der Waals surface area contributed by atoms with Crippen LogP contribution in [0.1, 0.15) is 18.9 Å². The van der Waals surface area contributed by atoms with Gasteiger partial charge in [0.05, 0.1) is 0 Å². The van der Waals surface area contributed by atoms with Gasteiger partial charge in [0, 0.05) is 24.2 Å². The number of hydrogen-bond donors (Lipinski definition) is 1. The maximum absolute atomic E-state index is 13.2. The second kappa shape index (κ2) is 8.28. The second-order valence-electron chi connectivity index (χ2n) is 6.81. The zero-order valence-corrected chi connectivity index (χ0v) is 16.3. The number of aromatic nitrogens is 3. The molecule has 1 amide bonds. The van der Waals surface area contributed by atoms with E-state index in [1.165, 1.54) is 40.7 Å². The summed E-state index contributed by atoms with van der Waals surface area (Å²) in [6, 6.07) is 13.2. The van der Waals surface area contributed by atoms with Crippen molar-refractivity contribution in [1.29, 1.82) is 0 Å². The van der Waals surface area contributed by atoms with Crippen molar-refractivity contribution in [3.05, 3.63) is 76.6 Å². The standard InChI is InChI=1S/C22H19FN4O3/c1-2-14-3-9-17(10-4-14)25-18(28)11-12-27-13-24-21-19(22(27)29)20(26-30-21)15-5-7-16(23)8-6-15/h3-10,13H,2,11-12H2,1H3,(H,25,28). The third-order valence-corrected chi connectivity index (χ3v) is 4.81. The van der Waals surface area contributed by atoms with Gasteiger partial charge in [-0.05, 0) is 48.4 Å². The van der Waals surface area contributed by atoms with Crippen molar-refractivity contribution in [2.75, 3.05) is 5.32 Å². The van der Waals surface area contributed by atoms with Gasteiger partial charge in [-0.25, -0.2) is 9.37 Å². The normalized spacial score (nSPS) is 11.0. The molecule has 4 rings (SSSR count). The van der Waals surface area contributed by atoms with Crippen molar-refractivity contribution in [2.45, 2.75) is 26.3 Å². The van der Waals surface area contributed by atoms with Crippen LogP contribution in [0.15, 0.2) is 64.2 Å². The summed E-state index contributed by atoms with van der Waals surface area (Å²) in [7, 11) is 0. The number of nitrogens with one attached hydrogen (secondary N) is 1. The highest BCUT2D eigenvalue weighted by atomic mass is 19.1. The van der Waals surface area contributed by atoms with E-state index in [0.717, 1.165) is 6.42 Å². The Morgan fingerprint density at radius 3 is 2.57 bits per heavy atom. The van der Waals surface area contributed by atoms with Gasteiger partial charge in [0.25, 0.3) is 11.3 Å². The minimum Gasteiger partial charge on any atom is -0.335 e. The van der Waals surface area contributed by atoms with Crippen LogP contribution in [0.3, 0.4) is 0 Å². The van der Waals surface area contributed by atoms with E-state index in [0.29, 0.717) is 11.3 Å². The highest BCUT2D eigenvalue weighted by molar-refractivity contribution is 5.91. The lowest BCUT2D eigenvalue weighted by molar-refractivity contribution is -0.116. The number of halogens is 1. The van der Waals surface area contributed by atoms with Crippen molar-refractivity contribution in [2.24, 2.45) is 0 Å². The molecule has 0 unspecified atom stereocenters. The monoisotopic (exact) mass is 406 g/mol. The van der Waals surface area contributed by atoms with Gasteiger partial charge >= 0.3 is 0 Å². The topological polar surface area (TPSA) is 90.0 Å². The Morgan fingerprint density at radius 2 is 1.87 bits per heavy atom. The molecule has 7 nitrogen and oxygen atoms in total. The summed E-state index contributed by atoms with van der Waals surface area (Å²) in [6.07, 6.45) is 2.35. The lowest BCUT2D eigenvalue weighted by atomic mass is 10.1. The molecule has 0 saturated heterocycles. The number of fused-ring (bicyclic) bond motifs is 1. The Kier molecular flexibility index (Phi) is 5.38. The average Bonchev–Trinajstić information content (AvgIpc) is 3.19. The largest absolute Gasteiger partial charge is 0.335 e. The Bertz CT molecular complexity index is 1240. The first-order chi connectivity index (χ1) is 14.5. The molecule has 2 heterocycles. The summed E-state index contributed by atoms with van der Waals surface area (Å²) in [5.41, 5.74) is 2.44. The maximum Gasteiger partial charge on any atom is 0.266 e. The number of benzene rings is 2. The zero-order valence-electron chi connectivity index (χ0n) is 16.3. The summed E-state index contributed by atoms with van der Waals surface area (Å²) in [4.78, 5) is 29.3. The molecule has 2 aromatic carbocycles. The highest BCUT2D eigenvalue weighted by Gasteiger charge is 2.17. The minimum absolute atomic E-state index is 0.0936. The minimum atomic E-state index is -0.391. The smallest absolute Gasteiger partial charge is 0.266 e. The van der Waals surface area contributed by atoms with E-state index >= 15 is 0 Å². The molecule has 30 heavy (non-hydrogen) atoms. The fourth-order valence-electron chi connectivity index (χ4n) is 3.11. The maximum atomic E-state index is 13.2. The van der Waals surface area contributed by atoms with Gasteiger partial charge in [0.1, 0.15) is 23.2 Å². The number of rotatable bonds is 6. The van der Waals surface area contributed by atoms with Crippen LogP contribution in [0.5, 0.6) is 0 Å². The molecule has 0 radical (unpaired) electrons. The molecule has 2 aromatic heterocycles. The Balaban J connectivity index is 1.52. The third kappa shape index (κ3) is 3.98. The Hall–Kier alpha value is -3.81. The molecule has 152 valence electrons. The van der Waals surface area contributed by atoms with Crippen molar-refractivity contribution in [1.82, 2.24) is 14.7 Å². The molecule has 0 atom stereocenters. The molecule has 0 spiro atoms. The van der Waals surface area contributed by atoms with Crippen molar-refractivity contribution >= 4 is 22.7 Å². The fourth-order valence-corrected chi connectivity index (χ4v) is 3.11. The molecule has 0 fully saturated rings. The van der Waals surface area contributed by atoms with Gasteiger partial charge < -0.3 is 9.84 Å². The number of amides is 1. The van der Waals surface area contributed by atoms with Gasteiger partial charge in [0.15, 0.2) is 0 Å². The van der Waals surface area contributed by atoms with Crippen LogP contribution >= 0.6 is 0 Å². The number of nitrogens with zero attached hydrogens (tertiary/aromatic N) is 3. The van der Waals surface area contributed by atoms with Gasteiger partial charge in [0.2, 0.25) is 5.91 Å². The Labute approximate surface area is 171 Å². The third-order valence-electron chi connectivity index (χ3n) is 4.81. The lowest BCUT2D eigenvalue weighted by Crippen LogP contribution is -2.23. The first-order valence-electron chi connectivity index (χ1n) is 9.54. The van der Waals surface area contributed by atoms with E-state index < -0.39 is 5.82 Å². The predicted molar refractivity (Wildman–Crippen MR) is 111 cm³/mol. The van der Waals surface area contributed by atoms with E-state index in [1.54, 1.807) is 0 Å². The number of carbonyl (C=O) groups is 1. The van der Waals surface area contributed by atoms with Crippen LogP contribution in [0, 0.1) is 5.82 Å². The van der Waals surface area contributed by atoms with Crippen molar-refractivity contribution < 1.29 is 13.7 Å². The van der Waals surface area contributed by atoms with E-state index in [2.05, 4.69) is 22.4 Å². The van der Waals surface area contributed by atoms with Gasteiger partial charge in [-0.15, -0.1) is 0 Å². The van der Waals surface area contributed by atoms with E-state index in [4.69, 9.17) is 4.52 Å². The lowest BCUT2D eigenvalue weighted by Gasteiger charge is -2.07. The molecule has 4 aromatic rings. The molecule has 0 aliphatic rings. The van der Waals surface area contributed by atoms with Crippen LogP contribution in [-0.2, 0) is 17.8 Å². The predicted octanol–water partition coefficient (Wildman–Crippen LogP) is 3.78. The average molecular weight is 406 g/mol.